The Morgan fingerprint density at radius 1 is 1.29 bits per heavy atom. The summed E-state index contributed by atoms with van der Waals surface area (Å²) in [6.45, 7) is 0. The standard InChI is InChI=1S/C12H12ClF3N2O2S/c13-5-1-2-6-21(19,20)18-10-4-3-9(8-17)11(7-10)12(14,15)16/h3-4,7,18H,1-2,5-6H2. The Hall–Kier alpha value is -1.46. The second-order valence-corrected chi connectivity index (χ2v) is 6.41. The predicted molar refractivity (Wildman–Crippen MR) is 73.5 cm³/mol. The molecule has 0 aliphatic rings. The van der Waals surface area contributed by atoms with Gasteiger partial charge in [0.2, 0.25) is 10.0 Å². The van der Waals surface area contributed by atoms with Crippen molar-refractivity contribution in [2.45, 2.75) is 19.0 Å². The van der Waals surface area contributed by atoms with Crippen LogP contribution in [0.15, 0.2) is 18.2 Å². The van der Waals surface area contributed by atoms with Gasteiger partial charge in [-0.05, 0) is 31.0 Å². The van der Waals surface area contributed by atoms with E-state index in [9.17, 15) is 21.6 Å². The lowest BCUT2D eigenvalue weighted by Gasteiger charge is -2.12. The molecule has 9 heteroatoms. The third-order valence-corrected chi connectivity index (χ3v) is 4.16. The zero-order valence-corrected chi connectivity index (χ0v) is 12.3. The maximum absolute atomic E-state index is 12.8. The Labute approximate surface area is 125 Å². The van der Waals surface area contributed by atoms with E-state index in [1.54, 1.807) is 0 Å². The van der Waals surface area contributed by atoms with Crippen molar-refractivity contribution in [1.29, 1.82) is 5.26 Å². The van der Waals surface area contributed by atoms with E-state index in [0.29, 0.717) is 24.8 Å². The number of anilines is 1. The first-order valence-electron chi connectivity index (χ1n) is 5.87. The molecule has 0 saturated heterocycles. The first kappa shape index (κ1) is 17.6. The predicted octanol–water partition coefficient (Wildman–Crippen LogP) is 3.34. The van der Waals surface area contributed by atoms with Gasteiger partial charge in [0.1, 0.15) is 0 Å². The van der Waals surface area contributed by atoms with Crippen LogP contribution in [0.25, 0.3) is 0 Å². The molecule has 0 radical (unpaired) electrons. The van der Waals surface area contributed by atoms with E-state index in [1.807, 2.05) is 0 Å². The minimum absolute atomic E-state index is 0.229. The summed E-state index contributed by atoms with van der Waals surface area (Å²) in [5.74, 6) is 0.0751. The lowest BCUT2D eigenvalue weighted by Crippen LogP contribution is -2.17. The van der Waals surface area contributed by atoms with Crippen molar-refractivity contribution < 1.29 is 21.6 Å². The Balaban J connectivity index is 2.98. The summed E-state index contributed by atoms with van der Waals surface area (Å²) < 4.78 is 63.7. The number of hydrogen-bond donors (Lipinski definition) is 1. The fourth-order valence-electron chi connectivity index (χ4n) is 1.56. The molecule has 0 heterocycles. The van der Waals surface area contributed by atoms with Gasteiger partial charge in [0.05, 0.1) is 22.9 Å². The monoisotopic (exact) mass is 340 g/mol. The van der Waals surface area contributed by atoms with E-state index < -0.39 is 27.3 Å². The number of rotatable bonds is 6. The fourth-order valence-corrected chi connectivity index (χ4v) is 2.92. The molecule has 1 rings (SSSR count). The Morgan fingerprint density at radius 3 is 2.48 bits per heavy atom. The van der Waals surface area contributed by atoms with Gasteiger partial charge < -0.3 is 0 Å². The van der Waals surface area contributed by atoms with Crippen LogP contribution in [0.4, 0.5) is 18.9 Å². The summed E-state index contributed by atoms with van der Waals surface area (Å²) in [6.07, 6.45) is -3.93. The SMILES string of the molecule is N#Cc1ccc(NS(=O)(=O)CCCCCl)cc1C(F)(F)F. The molecule has 1 N–H and O–H groups in total. The molecular weight excluding hydrogens is 329 g/mol. The molecule has 0 fully saturated rings. The first-order valence-corrected chi connectivity index (χ1v) is 8.06. The zero-order chi connectivity index (χ0) is 16.1. The van der Waals surface area contributed by atoms with Crippen molar-refractivity contribution in [1.82, 2.24) is 0 Å². The highest BCUT2D eigenvalue weighted by atomic mass is 35.5. The highest BCUT2D eigenvalue weighted by Crippen LogP contribution is 2.33. The van der Waals surface area contributed by atoms with Crippen molar-refractivity contribution in [3.8, 4) is 6.07 Å². The fraction of sp³-hybridized carbons (Fsp3) is 0.417. The van der Waals surface area contributed by atoms with Crippen molar-refractivity contribution in [2.24, 2.45) is 0 Å². The van der Waals surface area contributed by atoms with Gasteiger partial charge >= 0.3 is 6.18 Å². The molecule has 1 aromatic carbocycles. The van der Waals surface area contributed by atoms with E-state index in [2.05, 4.69) is 4.72 Å². The maximum Gasteiger partial charge on any atom is 0.417 e. The average Bonchev–Trinajstić information content (AvgIpc) is 2.37. The van der Waals surface area contributed by atoms with Crippen LogP contribution >= 0.6 is 11.6 Å². The van der Waals surface area contributed by atoms with Crippen molar-refractivity contribution in [3.05, 3.63) is 29.3 Å². The smallest absolute Gasteiger partial charge is 0.284 e. The van der Waals surface area contributed by atoms with E-state index >= 15 is 0 Å². The molecule has 0 amide bonds. The number of nitrogens with one attached hydrogen (secondary N) is 1. The largest absolute Gasteiger partial charge is 0.417 e. The van der Waals surface area contributed by atoms with Crippen LogP contribution in [-0.2, 0) is 16.2 Å². The van der Waals surface area contributed by atoms with Crippen LogP contribution < -0.4 is 4.72 Å². The summed E-state index contributed by atoms with van der Waals surface area (Å²) in [6, 6.07) is 4.08. The summed E-state index contributed by atoms with van der Waals surface area (Å²) >= 11 is 5.42. The Morgan fingerprint density at radius 2 is 1.95 bits per heavy atom. The molecular formula is C12H12ClF3N2O2S. The van der Waals surface area contributed by atoms with Crippen LogP contribution in [0.1, 0.15) is 24.0 Å². The van der Waals surface area contributed by atoms with E-state index in [1.165, 1.54) is 6.07 Å². The molecule has 0 aliphatic heterocycles. The van der Waals surface area contributed by atoms with Crippen LogP contribution in [0.3, 0.4) is 0 Å². The Bertz CT molecular complexity index is 639. The van der Waals surface area contributed by atoms with Gasteiger partial charge in [-0.3, -0.25) is 4.72 Å². The highest BCUT2D eigenvalue weighted by Gasteiger charge is 2.34. The van der Waals surface area contributed by atoms with Crippen molar-refractivity contribution in [2.75, 3.05) is 16.4 Å². The molecule has 116 valence electrons. The van der Waals surface area contributed by atoms with Gasteiger partial charge in [-0.1, -0.05) is 0 Å². The third-order valence-electron chi connectivity index (χ3n) is 2.52. The lowest BCUT2D eigenvalue weighted by atomic mass is 10.1. The minimum Gasteiger partial charge on any atom is -0.284 e. The second-order valence-electron chi connectivity index (χ2n) is 4.19. The topological polar surface area (TPSA) is 70.0 Å². The average molecular weight is 341 g/mol. The van der Waals surface area contributed by atoms with E-state index in [-0.39, 0.29) is 11.4 Å². The third kappa shape index (κ3) is 5.44. The molecule has 0 bridgehead atoms. The molecule has 4 nitrogen and oxygen atoms in total. The number of sulfonamides is 1. The van der Waals surface area contributed by atoms with Crippen molar-refractivity contribution >= 4 is 27.3 Å². The van der Waals surface area contributed by atoms with Gasteiger partial charge in [-0.25, -0.2) is 8.42 Å². The normalized spacial score (nSPS) is 12.0. The second kappa shape index (κ2) is 7.00. The minimum atomic E-state index is -4.73. The Kier molecular flexibility index (Phi) is 5.87. The number of benzene rings is 1. The number of hydrogen-bond acceptors (Lipinski definition) is 3. The molecule has 0 aromatic heterocycles. The molecule has 0 saturated carbocycles. The van der Waals surface area contributed by atoms with E-state index in [4.69, 9.17) is 16.9 Å². The molecule has 0 aliphatic carbocycles. The number of unbranched alkanes of at least 4 members (excludes halogenated alkanes) is 1. The van der Waals surface area contributed by atoms with Gasteiger partial charge in [0, 0.05) is 11.6 Å². The molecule has 0 atom stereocenters. The summed E-state index contributed by atoms with van der Waals surface area (Å²) in [5, 5.41) is 8.65. The number of nitrogens with zero attached hydrogens (tertiary/aromatic N) is 1. The first-order chi connectivity index (χ1) is 9.69. The van der Waals surface area contributed by atoms with Crippen LogP contribution in [0.5, 0.6) is 0 Å². The van der Waals surface area contributed by atoms with E-state index in [0.717, 1.165) is 12.1 Å². The van der Waals surface area contributed by atoms with Crippen molar-refractivity contribution in [3.63, 3.8) is 0 Å². The number of alkyl halides is 4. The van der Waals surface area contributed by atoms with Crippen LogP contribution in [0.2, 0.25) is 0 Å². The highest BCUT2D eigenvalue weighted by molar-refractivity contribution is 7.92. The number of nitriles is 1. The van der Waals surface area contributed by atoms with Gasteiger partial charge in [0.25, 0.3) is 0 Å². The molecule has 0 unspecified atom stereocenters. The summed E-state index contributed by atoms with van der Waals surface area (Å²) in [4.78, 5) is 0. The summed E-state index contributed by atoms with van der Waals surface area (Å²) in [5.41, 5.74) is -1.97. The van der Waals surface area contributed by atoms with Gasteiger partial charge in [-0.2, -0.15) is 18.4 Å². The molecule has 21 heavy (non-hydrogen) atoms. The zero-order valence-electron chi connectivity index (χ0n) is 10.7. The maximum atomic E-state index is 12.8. The molecule has 1 aromatic rings. The van der Waals surface area contributed by atoms with Gasteiger partial charge in [0.15, 0.2) is 0 Å². The van der Waals surface area contributed by atoms with Gasteiger partial charge in [-0.15, -0.1) is 11.6 Å². The lowest BCUT2D eigenvalue weighted by molar-refractivity contribution is -0.137. The summed E-state index contributed by atoms with van der Waals surface area (Å²) in [7, 11) is -3.75. The number of halogens is 4. The molecule has 0 spiro atoms. The quantitative estimate of drug-likeness (QED) is 0.637. The van der Waals surface area contributed by atoms with Crippen LogP contribution in [0, 0.1) is 11.3 Å². The van der Waals surface area contributed by atoms with Crippen LogP contribution in [-0.4, -0.2) is 20.1 Å².